The molecule has 1 heterocycles. The number of benzene rings is 3. The van der Waals surface area contributed by atoms with Crippen LogP contribution in [-0.4, -0.2) is 48.0 Å². The second-order valence-electron chi connectivity index (χ2n) is 8.02. The van der Waals surface area contributed by atoms with Crippen LogP contribution in [0.2, 0.25) is 5.02 Å². The number of amides is 2. The number of thiocarbonyl (C=S) groups is 1. The Kier molecular flexibility index (Phi) is 8.13. The van der Waals surface area contributed by atoms with E-state index in [-0.39, 0.29) is 16.9 Å². The van der Waals surface area contributed by atoms with E-state index < -0.39 is 0 Å². The highest BCUT2D eigenvalue weighted by Crippen LogP contribution is 2.20. The van der Waals surface area contributed by atoms with E-state index >= 15 is 0 Å². The molecule has 8 heteroatoms. The van der Waals surface area contributed by atoms with Crippen molar-refractivity contribution in [2.45, 2.75) is 0 Å². The van der Waals surface area contributed by atoms with Crippen LogP contribution < -0.4 is 15.5 Å². The molecule has 0 radical (unpaired) electrons. The van der Waals surface area contributed by atoms with E-state index in [0.717, 1.165) is 30.0 Å². The molecule has 0 aromatic heterocycles. The molecule has 0 bridgehead atoms. The van der Waals surface area contributed by atoms with Gasteiger partial charge in [0.2, 0.25) is 5.91 Å². The summed E-state index contributed by atoms with van der Waals surface area (Å²) < 4.78 is 0. The fourth-order valence-corrected chi connectivity index (χ4v) is 4.15. The minimum atomic E-state index is -0.326. The van der Waals surface area contributed by atoms with Gasteiger partial charge in [-0.1, -0.05) is 48.0 Å². The number of carbonyl (C=O) groups is 2. The van der Waals surface area contributed by atoms with Gasteiger partial charge in [-0.05, 0) is 66.3 Å². The fraction of sp³-hybridized carbons (Fsp3) is 0.148. The molecule has 0 atom stereocenters. The molecule has 2 N–H and O–H groups in total. The lowest BCUT2D eigenvalue weighted by Crippen LogP contribution is -2.48. The zero-order valence-electron chi connectivity index (χ0n) is 19.0. The first-order chi connectivity index (χ1) is 17.0. The van der Waals surface area contributed by atoms with Crippen LogP contribution in [0.3, 0.4) is 0 Å². The first-order valence-corrected chi connectivity index (χ1v) is 12.0. The Labute approximate surface area is 215 Å². The molecule has 1 fully saturated rings. The van der Waals surface area contributed by atoms with Gasteiger partial charge in [-0.15, -0.1) is 0 Å². The normalized spacial score (nSPS) is 13.5. The summed E-state index contributed by atoms with van der Waals surface area (Å²) in [6, 6.07) is 24.3. The third-order valence-electron chi connectivity index (χ3n) is 5.61. The molecule has 3 aromatic rings. The summed E-state index contributed by atoms with van der Waals surface area (Å²) in [5.41, 5.74) is 3.28. The lowest BCUT2D eigenvalue weighted by molar-refractivity contribution is -0.126. The molecule has 2 amide bonds. The Balaban J connectivity index is 1.25. The highest BCUT2D eigenvalue weighted by atomic mass is 35.5. The molecule has 6 nitrogen and oxygen atoms in total. The maximum Gasteiger partial charge on any atom is 0.257 e. The minimum absolute atomic E-state index is 0.0291. The zero-order chi connectivity index (χ0) is 24.6. The lowest BCUT2D eigenvalue weighted by Gasteiger charge is -2.35. The van der Waals surface area contributed by atoms with Crippen molar-refractivity contribution < 1.29 is 9.59 Å². The molecule has 0 aliphatic carbocycles. The molecule has 0 spiro atoms. The number of nitrogens with one attached hydrogen (secondary N) is 2. The van der Waals surface area contributed by atoms with Crippen molar-refractivity contribution in [2.24, 2.45) is 0 Å². The maximum absolute atomic E-state index is 12.5. The molecule has 35 heavy (non-hydrogen) atoms. The molecule has 1 aliphatic rings. The van der Waals surface area contributed by atoms with Crippen molar-refractivity contribution in [1.82, 2.24) is 10.2 Å². The van der Waals surface area contributed by atoms with Crippen molar-refractivity contribution in [3.63, 3.8) is 0 Å². The number of hydrogen-bond acceptors (Lipinski definition) is 4. The number of nitrogens with zero attached hydrogens (tertiary/aromatic N) is 2. The summed E-state index contributed by atoms with van der Waals surface area (Å²) >= 11 is 11.2. The number of hydrogen-bond donors (Lipinski definition) is 2. The van der Waals surface area contributed by atoms with Crippen LogP contribution in [0.15, 0.2) is 84.9 Å². The van der Waals surface area contributed by atoms with E-state index in [1.54, 1.807) is 30.3 Å². The average Bonchev–Trinajstić information content (AvgIpc) is 2.88. The first kappa shape index (κ1) is 24.4. The van der Waals surface area contributed by atoms with Crippen LogP contribution in [0.5, 0.6) is 0 Å². The largest absolute Gasteiger partial charge is 0.368 e. The molecular formula is C27H25ClN4O2S. The fourth-order valence-electron chi connectivity index (χ4n) is 3.75. The Morgan fingerprint density at radius 2 is 1.60 bits per heavy atom. The second-order valence-corrected chi connectivity index (χ2v) is 8.87. The van der Waals surface area contributed by atoms with Crippen LogP contribution >= 0.6 is 23.8 Å². The van der Waals surface area contributed by atoms with Crippen molar-refractivity contribution >= 4 is 58.2 Å². The Morgan fingerprint density at radius 1 is 0.886 bits per heavy atom. The maximum atomic E-state index is 12.5. The smallest absolute Gasteiger partial charge is 0.257 e. The molecule has 0 unspecified atom stereocenters. The summed E-state index contributed by atoms with van der Waals surface area (Å²) in [5, 5.41) is 6.37. The summed E-state index contributed by atoms with van der Waals surface area (Å²) in [6.45, 7) is 2.84. The van der Waals surface area contributed by atoms with E-state index in [2.05, 4.69) is 15.5 Å². The predicted molar refractivity (Wildman–Crippen MR) is 146 cm³/mol. The van der Waals surface area contributed by atoms with E-state index in [1.165, 1.54) is 0 Å². The number of carbonyl (C=O) groups excluding carboxylic acids is 2. The van der Waals surface area contributed by atoms with Crippen LogP contribution in [0.1, 0.15) is 15.9 Å². The Hall–Kier alpha value is -3.68. The van der Waals surface area contributed by atoms with Crippen molar-refractivity contribution in [3.8, 4) is 0 Å². The topological polar surface area (TPSA) is 64.7 Å². The number of anilines is 2. The summed E-state index contributed by atoms with van der Waals surface area (Å²) in [5.74, 6) is -0.297. The molecular weight excluding hydrogens is 480 g/mol. The minimum Gasteiger partial charge on any atom is -0.368 e. The van der Waals surface area contributed by atoms with Crippen molar-refractivity contribution in [1.29, 1.82) is 0 Å². The van der Waals surface area contributed by atoms with E-state index in [9.17, 15) is 9.59 Å². The van der Waals surface area contributed by atoms with Crippen molar-refractivity contribution in [3.05, 3.63) is 101 Å². The molecule has 1 aliphatic heterocycles. The third kappa shape index (κ3) is 6.91. The van der Waals surface area contributed by atoms with Gasteiger partial charge in [0.25, 0.3) is 5.91 Å². The number of halogens is 1. The predicted octanol–water partition coefficient (Wildman–Crippen LogP) is 4.83. The Bertz CT molecular complexity index is 1220. The molecule has 178 valence electrons. The SMILES string of the molecule is O=C(NC(=S)Nc1ccc(N2CCN(C(=O)/C=C/c3ccccc3)CC2)cc1)c1cccc(Cl)c1. The molecule has 4 rings (SSSR count). The van der Waals surface area contributed by atoms with Gasteiger partial charge in [0.05, 0.1) is 0 Å². The Morgan fingerprint density at radius 3 is 2.29 bits per heavy atom. The second kappa shape index (κ2) is 11.6. The van der Waals surface area contributed by atoms with Crippen LogP contribution in [-0.2, 0) is 4.79 Å². The zero-order valence-corrected chi connectivity index (χ0v) is 20.6. The van der Waals surface area contributed by atoms with E-state index in [4.69, 9.17) is 23.8 Å². The van der Waals surface area contributed by atoms with Crippen LogP contribution in [0, 0.1) is 0 Å². The molecule has 1 saturated heterocycles. The molecule has 0 saturated carbocycles. The van der Waals surface area contributed by atoms with E-state index in [1.807, 2.05) is 65.6 Å². The summed E-state index contributed by atoms with van der Waals surface area (Å²) in [7, 11) is 0. The van der Waals surface area contributed by atoms with Gasteiger partial charge in [-0.25, -0.2) is 0 Å². The summed E-state index contributed by atoms with van der Waals surface area (Å²) in [4.78, 5) is 28.9. The first-order valence-electron chi connectivity index (χ1n) is 11.2. The van der Waals surface area contributed by atoms with Crippen LogP contribution in [0.4, 0.5) is 11.4 Å². The highest BCUT2D eigenvalue weighted by molar-refractivity contribution is 7.80. The number of piperazine rings is 1. The van der Waals surface area contributed by atoms with Gasteiger partial charge in [0.1, 0.15) is 0 Å². The van der Waals surface area contributed by atoms with Crippen LogP contribution in [0.25, 0.3) is 6.08 Å². The van der Waals surface area contributed by atoms with E-state index in [0.29, 0.717) is 23.7 Å². The monoisotopic (exact) mass is 504 g/mol. The van der Waals surface area contributed by atoms with Gasteiger partial charge in [0, 0.05) is 54.2 Å². The molecule has 3 aromatic carbocycles. The van der Waals surface area contributed by atoms with Gasteiger partial charge >= 0.3 is 0 Å². The highest BCUT2D eigenvalue weighted by Gasteiger charge is 2.20. The standard InChI is InChI=1S/C27H25ClN4O2S/c28-22-8-4-7-21(19-22)26(34)30-27(35)29-23-10-12-24(13-11-23)31-15-17-32(18-16-31)25(33)14-9-20-5-2-1-3-6-20/h1-14,19H,15-18H2,(H2,29,30,34,35)/b14-9+. The lowest BCUT2D eigenvalue weighted by atomic mass is 10.2. The van der Waals surface area contributed by atoms with Gasteiger partial charge in [0.15, 0.2) is 5.11 Å². The average molecular weight is 505 g/mol. The third-order valence-corrected chi connectivity index (χ3v) is 6.05. The summed E-state index contributed by atoms with van der Waals surface area (Å²) in [6.07, 6.45) is 3.49. The van der Waals surface area contributed by atoms with Gasteiger partial charge in [-0.2, -0.15) is 0 Å². The van der Waals surface area contributed by atoms with Crippen molar-refractivity contribution in [2.75, 3.05) is 36.4 Å². The number of rotatable bonds is 5. The van der Waals surface area contributed by atoms with Gasteiger partial charge in [-0.3, -0.25) is 14.9 Å². The van der Waals surface area contributed by atoms with Gasteiger partial charge < -0.3 is 15.1 Å². The quantitative estimate of drug-likeness (QED) is 0.385.